The number of carbonyl (C=O) groups excluding carboxylic acids is 1. The van der Waals surface area contributed by atoms with Crippen molar-refractivity contribution in [1.82, 2.24) is 0 Å². The van der Waals surface area contributed by atoms with Crippen LogP contribution in [0.25, 0.3) is 0 Å². The Bertz CT molecular complexity index is 384. The lowest BCUT2D eigenvalue weighted by Crippen LogP contribution is -2.10. The van der Waals surface area contributed by atoms with Crippen LogP contribution in [-0.2, 0) is 9.53 Å². The smallest absolute Gasteiger partial charge is 0.330 e. The molecule has 0 saturated heterocycles. The highest BCUT2D eigenvalue weighted by molar-refractivity contribution is 5.81. The first kappa shape index (κ1) is 14.5. The van der Waals surface area contributed by atoms with Gasteiger partial charge in [0, 0.05) is 12.7 Å². The van der Waals surface area contributed by atoms with Crippen LogP contribution in [0.3, 0.4) is 0 Å². The van der Waals surface area contributed by atoms with Gasteiger partial charge in [-0.3, -0.25) is 0 Å². The van der Waals surface area contributed by atoms with Crippen molar-refractivity contribution in [3.63, 3.8) is 0 Å². The molecular weight excluding hydrogens is 228 g/mol. The minimum atomic E-state index is -0.349. The summed E-state index contributed by atoms with van der Waals surface area (Å²) in [6, 6.07) is 10.0. The van der Waals surface area contributed by atoms with E-state index in [2.05, 4.69) is 4.74 Å². The Kier molecular flexibility index (Phi) is 6.15. The van der Waals surface area contributed by atoms with Gasteiger partial charge < -0.3 is 9.84 Å². The van der Waals surface area contributed by atoms with Crippen molar-refractivity contribution >= 4 is 5.97 Å². The summed E-state index contributed by atoms with van der Waals surface area (Å²) >= 11 is 0. The molecule has 1 N–H and O–H groups in total. The molecule has 3 heteroatoms. The van der Waals surface area contributed by atoms with Crippen molar-refractivity contribution in [3.05, 3.63) is 48.0 Å². The van der Waals surface area contributed by atoms with Crippen LogP contribution in [0, 0.1) is 5.92 Å². The fourth-order valence-electron chi connectivity index (χ4n) is 2.00. The maximum Gasteiger partial charge on any atom is 0.330 e. The molecule has 0 aliphatic heterocycles. The normalized spacial score (nSPS) is 14.4. The number of aliphatic hydroxyl groups excluding tert-OH is 1. The standard InChI is InChI=1S/C15H20O3/c1-12(8-9-15(17)18-2)14(10-11-16)13-6-4-3-5-7-13/h3-9,12,14,16H,10-11H2,1-2H3/b9-8-/t12-,14+/m0/s1. The Balaban J connectivity index is 2.79. The van der Waals surface area contributed by atoms with Crippen molar-refractivity contribution in [3.8, 4) is 0 Å². The number of hydrogen-bond acceptors (Lipinski definition) is 3. The van der Waals surface area contributed by atoms with Gasteiger partial charge in [-0.05, 0) is 23.8 Å². The summed E-state index contributed by atoms with van der Waals surface area (Å²) in [7, 11) is 1.36. The van der Waals surface area contributed by atoms with Crippen LogP contribution in [0.2, 0.25) is 0 Å². The van der Waals surface area contributed by atoms with Crippen molar-refractivity contribution in [1.29, 1.82) is 0 Å². The quantitative estimate of drug-likeness (QED) is 0.621. The molecule has 0 aromatic heterocycles. The summed E-state index contributed by atoms with van der Waals surface area (Å²) in [5.74, 6) is 0.0217. The van der Waals surface area contributed by atoms with Crippen molar-refractivity contribution in [2.24, 2.45) is 5.92 Å². The molecule has 2 atom stereocenters. The zero-order valence-corrected chi connectivity index (χ0v) is 10.9. The highest BCUT2D eigenvalue weighted by Gasteiger charge is 2.16. The Morgan fingerprint density at radius 2 is 2.06 bits per heavy atom. The van der Waals surface area contributed by atoms with Crippen molar-refractivity contribution < 1.29 is 14.6 Å². The fourth-order valence-corrected chi connectivity index (χ4v) is 2.00. The predicted octanol–water partition coefficient (Wildman–Crippen LogP) is 2.52. The Morgan fingerprint density at radius 1 is 1.39 bits per heavy atom. The maximum absolute atomic E-state index is 11.1. The molecule has 98 valence electrons. The van der Waals surface area contributed by atoms with E-state index in [1.807, 2.05) is 43.3 Å². The van der Waals surface area contributed by atoms with E-state index in [0.717, 1.165) is 0 Å². The lowest BCUT2D eigenvalue weighted by molar-refractivity contribution is -0.134. The lowest BCUT2D eigenvalue weighted by atomic mass is 9.84. The molecular formula is C15H20O3. The van der Waals surface area contributed by atoms with E-state index < -0.39 is 0 Å². The zero-order valence-electron chi connectivity index (χ0n) is 10.9. The van der Waals surface area contributed by atoms with E-state index >= 15 is 0 Å². The topological polar surface area (TPSA) is 46.5 Å². The summed E-state index contributed by atoms with van der Waals surface area (Å²) in [5, 5.41) is 9.15. The van der Waals surface area contributed by atoms with Gasteiger partial charge >= 0.3 is 5.97 Å². The molecule has 0 fully saturated rings. The molecule has 0 unspecified atom stereocenters. The third-order valence-electron chi connectivity index (χ3n) is 3.04. The Morgan fingerprint density at radius 3 is 2.61 bits per heavy atom. The summed E-state index contributed by atoms with van der Waals surface area (Å²) in [5.41, 5.74) is 1.17. The van der Waals surface area contributed by atoms with Gasteiger partial charge in [-0.1, -0.05) is 43.3 Å². The number of benzene rings is 1. The van der Waals surface area contributed by atoms with Crippen molar-refractivity contribution in [2.45, 2.75) is 19.3 Å². The third-order valence-corrected chi connectivity index (χ3v) is 3.04. The Labute approximate surface area is 108 Å². The average Bonchev–Trinajstić information content (AvgIpc) is 2.42. The fraction of sp³-hybridized carbons (Fsp3) is 0.400. The van der Waals surface area contributed by atoms with E-state index in [0.29, 0.717) is 6.42 Å². The van der Waals surface area contributed by atoms with Crippen molar-refractivity contribution in [2.75, 3.05) is 13.7 Å². The number of aliphatic hydroxyl groups is 1. The van der Waals surface area contributed by atoms with Gasteiger partial charge in [-0.25, -0.2) is 4.79 Å². The summed E-state index contributed by atoms with van der Waals surface area (Å²) in [6.45, 7) is 2.17. The summed E-state index contributed by atoms with van der Waals surface area (Å²) in [4.78, 5) is 11.1. The first-order chi connectivity index (χ1) is 8.69. The highest BCUT2D eigenvalue weighted by atomic mass is 16.5. The van der Waals surface area contributed by atoms with E-state index in [9.17, 15) is 4.79 Å². The third kappa shape index (κ3) is 4.34. The van der Waals surface area contributed by atoms with Gasteiger partial charge in [0.1, 0.15) is 0 Å². The monoisotopic (exact) mass is 248 g/mol. The summed E-state index contributed by atoms with van der Waals surface area (Å²) < 4.78 is 4.57. The summed E-state index contributed by atoms with van der Waals surface area (Å²) in [6.07, 6.45) is 3.95. The first-order valence-corrected chi connectivity index (χ1v) is 6.11. The highest BCUT2D eigenvalue weighted by Crippen LogP contribution is 2.28. The van der Waals surface area contributed by atoms with Crippen LogP contribution in [0.15, 0.2) is 42.5 Å². The van der Waals surface area contributed by atoms with Crippen LogP contribution in [-0.4, -0.2) is 24.8 Å². The molecule has 3 nitrogen and oxygen atoms in total. The second-order valence-corrected chi connectivity index (χ2v) is 4.27. The largest absolute Gasteiger partial charge is 0.466 e. The number of allylic oxidation sites excluding steroid dienone is 1. The molecule has 18 heavy (non-hydrogen) atoms. The molecule has 0 saturated carbocycles. The van der Waals surface area contributed by atoms with Crippen LogP contribution in [0.1, 0.15) is 24.8 Å². The van der Waals surface area contributed by atoms with Crippen LogP contribution < -0.4 is 0 Å². The molecule has 0 aliphatic carbocycles. The SMILES string of the molecule is COC(=O)/C=C\[C@H](C)[C@@H](CCO)c1ccccc1. The number of carbonyl (C=O) groups is 1. The molecule has 1 aromatic carbocycles. The van der Waals surface area contributed by atoms with Gasteiger partial charge in [0.2, 0.25) is 0 Å². The molecule has 1 rings (SSSR count). The molecule has 0 amide bonds. The van der Waals surface area contributed by atoms with E-state index in [1.165, 1.54) is 18.7 Å². The van der Waals surface area contributed by atoms with Gasteiger partial charge in [0.25, 0.3) is 0 Å². The molecule has 0 aliphatic rings. The lowest BCUT2D eigenvalue weighted by Gasteiger charge is -2.21. The van der Waals surface area contributed by atoms with E-state index in [-0.39, 0.29) is 24.4 Å². The predicted molar refractivity (Wildman–Crippen MR) is 71.2 cm³/mol. The van der Waals surface area contributed by atoms with Crippen LogP contribution in [0.5, 0.6) is 0 Å². The van der Waals surface area contributed by atoms with Gasteiger partial charge in [-0.2, -0.15) is 0 Å². The minimum Gasteiger partial charge on any atom is -0.466 e. The van der Waals surface area contributed by atoms with Crippen LogP contribution in [0.4, 0.5) is 0 Å². The molecule has 0 radical (unpaired) electrons. The molecule has 1 aromatic rings. The molecule has 0 bridgehead atoms. The first-order valence-electron chi connectivity index (χ1n) is 6.11. The molecule has 0 heterocycles. The Hall–Kier alpha value is -1.61. The van der Waals surface area contributed by atoms with Gasteiger partial charge in [-0.15, -0.1) is 0 Å². The van der Waals surface area contributed by atoms with E-state index in [4.69, 9.17) is 5.11 Å². The van der Waals surface area contributed by atoms with E-state index in [1.54, 1.807) is 0 Å². The second-order valence-electron chi connectivity index (χ2n) is 4.27. The number of rotatable bonds is 6. The zero-order chi connectivity index (χ0) is 13.4. The molecule has 0 spiro atoms. The minimum absolute atomic E-state index is 0.135. The second kappa shape index (κ2) is 7.67. The maximum atomic E-state index is 11.1. The average molecular weight is 248 g/mol. The number of ether oxygens (including phenoxy) is 1. The van der Waals surface area contributed by atoms with Crippen LogP contribution >= 0.6 is 0 Å². The number of esters is 1. The number of hydrogen-bond donors (Lipinski definition) is 1. The number of methoxy groups -OCH3 is 1. The van der Waals surface area contributed by atoms with Gasteiger partial charge in [0.05, 0.1) is 7.11 Å². The van der Waals surface area contributed by atoms with Gasteiger partial charge in [0.15, 0.2) is 0 Å².